The van der Waals surface area contributed by atoms with Gasteiger partial charge in [0.2, 0.25) is 0 Å². The summed E-state index contributed by atoms with van der Waals surface area (Å²) in [5.74, 6) is 0.259. The van der Waals surface area contributed by atoms with Gasteiger partial charge in [0.1, 0.15) is 0 Å². The normalized spacial score (nSPS) is 27.2. The highest BCUT2D eigenvalue weighted by molar-refractivity contribution is 6.00. The molecule has 0 radical (unpaired) electrons. The van der Waals surface area contributed by atoms with Crippen LogP contribution in [0, 0.1) is 11.3 Å². The third-order valence-corrected chi connectivity index (χ3v) is 3.35. The maximum Gasteiger partial charge on any atom is 0.178 e. The van der Waals surface area contributed by atoms with E-state index in [9.17, 15) is 9.59 Å². The average Bonchev–Trinajstić information content (AvgIpc) is 2.66. The van der Waals surface area contributed by atoms with E-state index in [0.29, 0.717) is 0 Å². The third kappa shape index (κ3) is 1.84. The van der Waals surface area contributed by atoms with Crippen LogP contribution in [-0.4, -0.2) is 11.6 Å². The number of rotatable bonds is 2. The van der Waals surface area contributed by atoms with Gasteiger partial charge in [-0.05, 0) is 37.5 Å². The highest BCUT2D eigenvalue weighted by Crippen LogP contribution is 2.45. The highest BCUT2D eigenvalue weighted by atomic mass is 16.1. The summed E-state index contributed by atoms with van der Waals surface area (Å²) in [5.41, 5.74) is -0.0444. The van der Waals surface area contributed by atoms with Crippen molar-refractivity contribution in [2.24, 2.45) is 11.3 Å². The Kier molecular flexibility index (Phi) is 2.43. The van der Waals surface area contributed by atoms with Gasteiger partial charge in [0.25, 0.3) is 0 Å². The molecule has 0 heterocycles. The van der Waals surface area contributed by atoms with E-state index in [-0.39, 0.29) is 22.9 Å². The van der Waals surface area contributed by atoms with Gasteiger partial charge in [0.15, 0.2) is 11.6 Å². The van der Waals surface area contributed by atoms with E-state index < -0.39 is 0 Å². The number of allylic oxidation sites excluding steroid dienone is 5. The smallest absolute Gasteiger partial charge is 0.178 e. The summed E-state index contributed by atoms with van der Waals surface area (Å²) in [5, 5.41) is 0. The first kappa shape index (κ1) is 10.1. The molecule has 2 heteroatoms. The standard InChI is InChI=1S/C13H14O2/c1-2-12(15)10-3-6-13(9-10)7-4-11(14)5-8-13/h2,4-5,7-8,10H,1,3,6,9H2/t10-/m0/s1. The molecule has 0 amide bonds. The Bertz CT molecular complexity index is 358. The summed E-state index contributed by atoms with van der Waals surface area (Å²) in [4.78, 5) is 22.5. The number of hydrogen-bond donors (Lipinski definition) is 0. The molecule has 15 heavy (non-hydrogen) atoms. The molecule has 1 fully saturated rings. The van der Waals surface area contributed by atoms with E-state index in [2.05, 4.69) is 6.58 Å². The Balaban J connectivity index is 2.12. The Morgan fingerprint density at radius 2 is 2.13 bits per heavy atom. The molecule has 78 valence electrons. The van der Waals surface area contributed by atoms with E-state index >= 15 is 0 Å². The van der Waals surface area contributed by atoms with Crippen molar-refractivity contribution in [3.63, 3.8) is 0 Å². The zero-order chi connectivity index (χ0) is 10.9. The first-order valence-corrected chi connectivity index (χ1v) is 5.24. The van der Waals surface area contributed by atoms with Gasteiger partial charge in [-0.1, -0.05) is 18.7 Å². The van der Waals surface area contributed by atoms with Gasteiger partial charge in [-0.3, -0.25) is 9.59 Å². The zero-order valence-electron chi connectivity index (χ0n) is 8.61. The van der Waals surface area contributed by atoms with Gasteiger partial charge in [0, 0.05) is 11.3 Å². The van der Waals surface area contributed by atoms with Crippen LogP contribution >= 0.6 is 0 Å². The quantitative estimate of drug-likeness (QED) is 0.643. The molecule has 0 aromatic rings. The molecule has 0 aromatic heterocycles. The maximum absolute atomic E-state index is 11.5. The van der Waals surface area contributed by atoms with Crippen LogP contribution in [0.4, 0.5) is 0 Å². The van der Waals surface area contributed by atoms with E-state index in [0.717, 1.165) is 19.3 Å². The number of carbonyl (C=O) groups is 2. The monoisotopic (exact) mass is 202 g/mol. The summed E-state index contributed by atoms with van der Waals surface area (Å²) in [6, 6.07) is 0. The zero-order valence-corrected chi connectivity index (χ0v) is 8.61. The Hall–Kier alpha value is -1.44. The predicted molar refractivity (Wildman–Crippen MR) is 58.3 cm³/mol. The van der Waals surface area contributed by atoms with Crippen molar-refractivity contribution in [1.29, 1.82) is 0 Å². The number of ketones is 2. The van der Waals surface area contributed by atoms with Crippen LogP contribution in [0.3, 0.4) is 0 Å². The van der Waals surface area contributed by atoms with Crippen molar-refractivity contribution in [2.75, 3.05) is 0 Å². The molecule has 2 aliphatic carbocycles. The van der Waals surface area contributed by atoms with Crippen LogP contribution < -0.4 is 0 Å². The molecule has 1 spiro atoms. The lowest BCUT2D eigenvalue weighted by atomic mass is 9.81. The molecule has 2 rings (SSSR count). The fourth-order valence-corrected chi connectivity index (χ4v) is 2.43. The summed E-state index contributed by atoms with van der Waals surface area (Å²) < 4.78 is 0. The molecule has 0 saturated heterocycles. The Labute approximate surface area is 89.4 Å². The van der Waals surface area contributed by atoms with Gasteiger partial charge in [-0.15, -0.1) is 0 Å². The van der Waals surface area contributed by atoms with Crippen LogP contribution in [-0.2, 0) is 9.59 Å². The minimum absolute atomic E-state index is 0.0409. The summed E-state index contributed by atoms with van der Waals surface area (Å²) >= 11 is 0. The van der Waals surface area contributed by atoms with Crippen molar-refractivity contribution >= 4 is 11.6 Å². The molecule has 0 aromatic carbocycles. The number of hydrogen-bond acceptors (Lipinski definition) is 2. The van der Waals surface area contributed by atoms with Crippen molar-refractivity contribution in [3.05, 3.63) is 37.0 Å². The lowest BCUT2D eigenvalue weighted by molar-refractivity contribution is -0.118. The highest BCUT2D eigenvalue weighted by Gasteiger charge is 2.38. The average molecular weight is 202 g/mol. The molecule has 2 aliphatic rings. The van der Waals surface area contributed by atoms with Crippen molar-refractivity contribution in [2.45, 2.75) is 19.3 Å². The SMILES string of the molecule is C=CC(=O)[C@H]1CCC2(C=CC(=O)C=C2)C1. The van der Waals surface area contributed by atoms with Crippen molar-refractivity contribution < 1.29 is 9.59 Å². The topological polar surface area (TPSA) is 34.1 Å². The first-order chi connectivity index (χ1) is 7.15. The lowest BCUT2D eigenvalue weighted by Gasteiger charge is -2.22. The fraction of sp³-hybridized carbons (Fsp3) is 0.385. The van der Waals surface area contributed by atoms with Crippen LogP contribution in [0.2, 0.25) is 0 Å². The van der Waals surface area contributed by atoms with Crippen LogP contribution in [0.25, 0.3) is 0 Å². The van der Waals surface area contributed by atoms with E-state index in [4.69, 9.17) is 0 Å². The molecular weight excluding hydrogens is 188 g/mol. The second-order valence-electron chi connectivity index (χ2n) is 4.35. The molecule has 0 bridgehead atoms. The first-order valence-electron chi connectivity index (χ1n) is 5.24. The van der Waals surface area contributed by atoms with Gasteiger partial charge in [0.05, 0.1) is 0 Å². The molecule has 0 N–H and O–H groups in total. The summed E-state index contributed by atoms with van der Waals surface area (Å²) in [6.07, 6.45) is 11.2. The lowest BCUT2D eigenvalue weighted by Crippen LogP contribution is -2.16. The maximum atomic E-state index is 11.5. The Morgan fingerprint density at radius 3 is 2.73 bits per heavy atom. The largest absolute Gasteiger partial charge is 0.295 e. The van der Waals surface area contributed by atoms with Crippen LogP contribution in [0.15, 0.2) is 37.0 Å². The van der Waals surface area contributed by atoms with E-state index in [1.54, 1.807) is 12.2 Å². The molecular formula is C13H14O2. The van der Waals surface area contributed by atoms with Crippen molar-refractivity contribution in [1.82, 2.24) is 0 Å². The van der Waals surface area contributed by atoms with Crippen LogP contribution in [0.5, 0.6) is 0 Å². The summed E-state index contributed by atoms with van der Waals surface area (Å²) in [6.45, 7) is 3.51. The van der Waals surface area contributed by atoms with Gasteiger partial charge in [-0.2, -0.15) is 0 Å². The fourth-order valence-electron chi connectivity index (χ4n) is 2.43. The van der Waals surface area contributed by atoms with Gasteiger partial charge in [-0.25, -0.2) is 0 Å². The van der Waals surface area contributed by atoms with E-state index in [1.165, 1.54) is 6.08 Å². The molecule has 2 nitrogen and oxygen atoms in total. The molecule has 1 atom stereocenters. The number of carbonyl (C=O) groups excluding carboxylic acids is 2. The predicted octanol–water partition coefficient (Wildman–Crippen LogP) is 2.22. The second-order valence-corrected chi connectivity index (χ2v) is 4.35. The van der Waals surface area contributed by atoms with Crippen molar-refractivity contribution in [3.8, 4) is 0 Å². The third-order valence-electron chi connectivity index (χ3n) is 3.35. The van der Waals surface area contributed by atoms with Crippen LogP contribution in [0.1, 0.15) is 19.3 Å². The molecule has 0 unspecified atom stereocenters. The summed E-state index contributed by atoms with van der Waals surface area (Å²) in [7, 11) is 0. The molecule has 1 saturated carbocycles. The minimum Gasteiger partial charge on any atom is -0.295 e. The van der Waals surface area contributed by atoms with Gasteiger partial charge >= 0.3 is 0 Å². The minimum atomic E-state index is -0.0444. The van der Waals surface area contributed by atoms with Gasteiger partial charge < -0.3 is 0 Å². The van der Waals surface area contributed by atoms with E-state index in [1.807, 2.05) is 12.2 Å². The second kappa shape index (κ2) is 3.61. The molecule has 0 aliphatic heterocycles. The Morgan fingerprint density at radius 1 is 1.47 bits per heavy atom.